The molecule has 1 saturated carbocycles. The van der Waals surface area contributed by atoms with E-state index < -0.39 is 0 Å². The number of hydrogen-bond donors (Lipinski definition) is 1. The van der Waals surface area contributed by atoms with E-state index in [0.717, 1.165) is 22.5 Å². The first-order chi connectivity index (χ1) is 9.65. The third-order valence-electron chi connectivity index (χ3n) is 4.90. The van der Waals surface area contributed by atoms with Gasteiger partial charge in [0.25, 0.3) is 0 Å². The highest BCUT2D eigenvalue weighted by Gasteiger charge is 2.23. The average molecular weight is 300 g/mol. The van der Waals surface area contributed by atoms with Crippen LogP contribution in [0.4, 0.5) is 0 Å². The summed E-state index contributed by atoms with van der Waals surface area (Å²) in [6.07, 6.45) is 14.4. The van der Waals surface area contributed by atoms with Gasteiger partial charge in [0, 0.05) is 16.5 Å². The highest BCUT2D eigenvalue weighted by molar-refractivity contribution is 8.00. The standard InChI is InChI=1S/C18H37NS/c1-15(2)16(3)20-18-14-12-10-8-6-5-7-9-11-13-17(18)19-4/h15-19H,5-14H2,1-4H3. The number of hydrogen-bond acceptors (Lipinski definition) is 2. The van der Waals surface area contributed by atoms with Gasteiger partial charge in [0.15, 0.2) is 0 Å². The molecule has 1 nitrogen and oxygen atoms in total. The second-order valence-corrected chi connectivity index (χ2v) is 8.55. The molecule has 3 unspecified atom stereocenters. The summed E-state index contributed by atoms with van der Waals surface area (Å²) < 4.78 is 0. The van der Waals surface area contributed by atoms with Crippen LogP contribution in [0.3, 0.4) is 0 Å². The van der Waals surface area contributed by atoms with Gasteiger partial charge in [-0.15, -0.1) is 0 Å². The Kier molecular flexibility index (Phi) is 10.1. The van der Waals surface area contributed by atoms with E-state index in [9.17, 15) is 0 Å². The Balaban J connectivity index is 2.55. The van der Waals surface area contributed by atoms with Crippen LogP contribution >= 0.6 is 11.8 Å². The minimum atomic E-state index is 0.723. The summed E-state index contributed by atoms with van der Waals surface area (Å²) in [6.45, 7) is 7.14. The zero-order valence-electron chi connectivity index (χ0n) is 14.3. The highest BCUT2D eigenvalue weighted by Crippen LogP contribution is 2.31. The van der Waals surface area contributed by atoms with E-state index in [0.29, 0.717) is 0 Å². The Labute approximate surface area is 132 Å². The summed E-state index contributed by atoms with van der Waals surface area (Å²) in [5.74, 6) is 0.791. The molecule has 120 valence electrons. The molecule has 0 aromatic rings. The van der Waals surface area contributed by atoms with Crippen LogP contribution in [-0.2, 0) is 0 Å². The van der Waals surface area contributed by atoms with E-state index in [2.05, 4.69) is 44.9 Å². The Bertz CT molecular complexity index is 229. The van der Waals surface area contributed by atoms with Crippen LogP contribution in [0.1, 0.15) is 85.0 Å². The maximum absolute atomic E-state index is 3.63. The van der Waals surface area contributed by atoms with Crippen molar-refractivity contribution < 1.29 is 0 Å². The first-order valence-electron chi connectivity index (χ1n) is 8.98. The number of nitrogens with one attached hydrogen (secondary N) is 1. The van der Waals surface area contributed by atoms with Crippen LogP contribution < -0.4 is 5.32 Å². The second kappa shape index (κ2) is 11.0. The van der Waals surface area contributed by atoms with Crippen LogP contribution in [0.5, 0.6) is 0 Å². The Morgan fingerprint density at radius 3 is 1.80 bits per heavy atom. The fourth-order valence-corrected chi connectivity index (χ4v) is 4.71. The number of rotatable bonds is 4. The summed E-state index contributed by atoms with van der Waals surface area (Å²) in [6, 6.07) is 0.723. The summed E-state index contributed by atoms with van der Waals surface area (Å²) in [7, 11) is 2.17. The lowest BCUT2D eigenvalue weighted by atomic mass is 9.97. The zero-order chi connectivity index (χ0) is 14.8. The van der Waals surface area contributed by atoms with Crippen LogP contribution in [0, 0.1) is 5.92 Å². The van der Waals surface area contributed by atoms with Gasteiger partial charge in [-0.3, -0.25) is 0 Å². The summed E-state index contributed by atoms with van der Waals surface area (Å²) in [5.41, 5.74) is 0. The lowest BCUT2D eigenvalue weighted by Crippen LogP contribution is -2.37. The van der Waals surface area contributed by atoms with E-state index in [1.807, 2.05) is 0 Å². The molecule has 0 spiro atoms. The summed E-state index contributed by atoms with van der Waals surface area (Å²) in [5, 5.41) is 5.23. The average Bonchev–Trinajstić information content (AvgIpc) is 2.41. The molecule has 1 fully saturated rings. The minimum Gasteiger partial charge on any atom is -0.316 e. The van der Waals surface area contributed by atoms with Crippen molar-refractivity contribution in [3.63, 3.8) is 0 Å². The van der Waals surface area contributed by atoms with Gasteiger partial charge < -0.3 is 5.32 Å². The lowest BCUT2D eigenvalue weighted by Gasteiger charge is -2.30. The molecular formula is C18H37NS. The quantitative estimate of drug-likeness (QED) is 0.721. The Hall–Kier alpha value is 0.310. The lowest BCUT2D eigenvalue weighted by molar-refractivity contribution is 0.432. The summed E-state index contributed by atoms with van der Waals surface area (Å²) in [4.78, 5) is 0. The first kappa shape index (κ1) is 18.4. The molecule has 2 heteroatoms. The van der Waals surface area contributed by atoms with Gasteiger partial charge in [-0.25, -0.2) is 0 Å². The third kappa shape index (κ3) is 7.36. The molecule has 20 heavy (non-hydrogen) atoms. The molecule has 0 aromatic carbocycles. The zero-order valence-corrected chi connectivity index (χ0v) is 15.1. The highest BCUT2D eigenvalue weighted by atomic mass is 32.2. The van der Waals surface area contributed by atoms with Crippen molar-refractivity contribution in [1.82, 2.24) is 5.32 Å². The van der Waals surface area contributed by atoms with Crippen LogP contribution in [0.15, 0.2) is 0 Å². The maximum Gasteiger partial charge on any atom is 0.0203 e. The molecule has 0 aliphatic heterocycles. The molecule has 0 saturated heterocycles. The molecule has 1 aliphatic carbocycles. The van der Waals surface area contributed by atoms with E-state index in [1.165, 1.54) is 64.2 Å². The van der Waals surface area contributed by atoms with E-state index in [-0.39, 0.29) is 0 Å². The molecule has 3 atom stereocenters. The van der Waals surface area contributed by atoms with Crippen LogP contribution in [-0.4, -0.2) is 23.6 Å². The van der Waals surface area contributed by atoms with E-state index in [1.54, 1.807) is 0 Å². The van der Waals surface area contributed by atoms with Gasteiger partial charge in [0.2, 0.25) is 0 Å². The molecule has 0 amide bonds. The maximum atomic E-state index is 3.63. The first-order valence-corrected chi connectivity index (χ1v) is 9.92. The fourth-order valence-electron chi connectivity index (χ4n) is 3.08. The van der Waals surface area contributed by atoms with Gasteiger partial charge in [-0.2, -0.15) is 11.8 Å². The SMILES string of the molecule is CNC1CCCCCCCCCCC1SC(C)C(C)C. The summed E-state index contributed by atoms with van der Waals surface area (Å²) >= 11 is 2.25. The molecule has 1 aliphatic rings. The Morgan fingerprint density at radius 1 is 0.800 bits per heavy atom. The van der Waals surface area contributed by atoms with E-state index >= 15 is 0 Å². The Morgan fingerprint density at radius 2 is 1.30 bits per heavy atom. The minimum absolute atomic E-state index is 0.723. The number of thioether (sulfide) groups is 1. The predicted octanol–water partition coefficient (Wildman–Crippen LogP) is 5.64. The van der Waals surface area contributed by atoms with E-state index in [4.69, 9.17) is 0 Å². The van der Waals surface area contributed by atoms with Crippen molar-refractivity contribution in [2.75, 3.05) is 7.05 Å². The molecule has 0 bridgehead atoms. The molecule has 1 rings (SSSR count). The van der Waals surface area contributed by atoms with Crippen molar-refractivity contribution in [2.24, 2.45) is 5.92 Å². The molecule has 0 radical (unpaired) electrons. The topological polar surface area (TPSA) is 12.0 Å². The van der Waals surface area contributed by atoms with Gasteiger partial charge >= 0.3 is 0 Å². The third-order valence-corrected chi connectivity index (χ3v) is 6.79. The fraction of sp³-hybridized carbons (Fsp3) is 1.00. The second-order valence-electron chi connectivity index (χ2n) is 6.92. The van der Waals surface area contributed by atoms with Gasteiger partial charge in [-0.1, -0.05) is 72.1 Å². The normalized spacial score (nSPS) is 28.6. The van der Waals surface area contributed by atoms with Crippen molar-refractivity contribution in [1.29, 1.82) is 0 Å². The van der Waals surface area contributed by atoms with Gasteiger partial charge in [0.05, 0.1) is 0 Å². The van der Waals surface area contributed by atoms with Crippen molar-refractivity contribution in [2.45, 2.75) is 102 Å². The van der Waals surface area contributed by atoms with Crippen molar-refractivity contribution in [3.8, 4) is 0 Å². The molecular weight excluding hydrogens is 262 g/mol. The van der Waals surface area contributed by atoms with Crippen molar-refractivity contribution in [3.05, 3.63) is 0 Å². The molecule has 1 N–H and O–H groups in total. The molecule has 0 aromatic heterocycles. The molecule has 0 heterocycles. The van der Waals surface area contributed by atoms with Gasteiger partial charge in [-0.05, 0) is 25.8 Å². The smallest absolute Gasteiger partial charge is 0.0203 e. The van der Waals surface area contributed by atoms with Crippen molar-refractivity contribution >= 4 is 11.8 Å². The monoisotopic (exact) mass is 299 g/mol. The largest absolute Gasteiger partial charge is 0.316 e. The van der Waals surface area contributed by atoms with Crippen LogP contribution in [0.2, 0.25) is 0 Å². The van der Waals surface area contributed by atoms with Gasteiger partial charge in [0.1, 0.15) is 0 Å². The predicted molar refractivity (Wildman–Crippen MR) is 94.7 cm³/mol. The van der Waals surface area contributed by atoms with Crippen LogP contribution in [0.25, 0.3) is 0 Å².